The number of benzene rings is 1. The first-order valence-corrected chi connectivity index (χ1v) is 6.69. The normalized spacial score (nSPS) is 13.2. The van der Waals surface area contributed by atoms with Crippen molar-refractivity contribution >= 4 is 15.9 Å². The van der Waals surface area contributed by atoms with Crippen LogP contribution in [-0.2, 0) is 12.6 Å². The first-order valence-electron chi connectivity index (χ1n) is 5.89. The standard InChI is InChI=1S/C14H12BrF3N2/c15-11-4-5-12(20-8-11)7-13(19)9-2-1-3-10(6-9)14(16,17)18/h1-6,8,13H,7,19H2. The van der Waals surface area contributed by atoms with E-state index in [0.29, 0.717) is 12.0 Å². The molecule has 0 aliphatic rings. The summed E-state index contributed by atoms with van der Waals surface area (Å²) in [7, 11) is 0. The summed E-state index contributed by atoms with van der Waals surface area (Å²) in [6, 6.07) is 8.17. The molecule has 2 nitrogen and oxygen atoms in total. The molecule has 1 heterocycles. The third-order valence-electron chi connectivity index (χ3n) is 2.86. The molecule has 0 amide bonds. The van der Waals surface area contributed by atoms with Crippen molar-refractivity contribution in [2.75, 3.05) is 0 Å². The van der Waals surface area contributed by atoms with Gasteiger partial charge in [-0.15, -0.1) is 0 Å². The van der Waals surface area contributed by atoms with Crippen molar-refractivity contribution in [3.8, 4) is 0 Å². The summed E-state index contributed by atoms with van der Waals surface area (Å²) >= 11 is 3.27. The van der Waals surface area contributed by atoms with E-state index in [0.717, 1.165) is 22.3 Å². The van der Waals surface area contributed by atoms with Crippen LogP contribution in [0.15, 0.2) is 47.1 Å². The summed E-state index contributed by atoms with van der Waals surface area (Å²) in [4.78, 5) is 4.17. The van der Waals surface area contributed by atoms with Crippen LogP contribution >= 0.6 is 15.9 Å². The Labute approximate surface area is 123 Å². The summed E-state index contributed by atoms with van der Waals surface area (Å²) in [6.45, 7) is 0. The Morgan fingerprint density at radius 3 is 2.55 bits per heavy atom. The lowest BCUT2D eigenvalue weighted by Crippen LogP contribution is -2.15. The van der Waals surface area contributed by atoms with Gasteiger partial charge >= 0.3 is 6.18 Å². The highest BCUT2D eigenvalue weighted by atomic mass is 79.9. The van der Waals surface area contributed by atoms with Crippen molar-refractivity contribution < 1.29 is 13.2 Å². The van der Waals surface area contributed by atoms with Crippen LogP contribution in [-0.4, -0.2) is 4.98 Å². The largest absolute Gasteiger partial charge is 0.416 e. The Morgan fingerprint density at radius 2 is 1.95 bits per heavy atom. The number of pyridine rings is 1. The average molecular weight is 345 g/mol. The molecule has 20 heavy (non-hydrogen) atoms. The van der Waals surface area contributed by atoms with Gasteiger partial charge in [-0.2, -0.15) is 13.2 Å². The maximum Gasteiger partial charge on any atom is 0.416 e. The van der Waals surface area contributed by atoms with Crippen molar-refractivity contribution in [3.05, 3.63) is 63.9 Å². The second kappa shape index (κ2) is 5.93. The van der Waals surface area contributed by atoms with Gasteiger partial charge in [-0.1, -0.05) is 12.1 Å². The fourth-order valence-electron chi connectivity index (χ4n) is 1.82. The maximum atomic E-state index is 12.6. The lowest BCUT2D eigenvalue weighted by molar-refractivity contribution is -0.137. The van der Waals surface area contributed by atoms with Gasteiger partial charge in [0.1, 0.15) is 0 Å². The third-order valence-corrected chi connectivity index (χ3v) is 3.33. The van der Waals surface area contributed by atoms with Crippen LogP contribution in [0.5, 0.6) is 0 Å². The molecule has 1 aromatic carbocycles. The molecule has 0 aliphatic carbocycles. The van der Waals surface area contributed by atoms with Crippen LogP contribution in [0.4, 0.5) is 13.2 Å². The summed E-state index contributed by atoms with van der Waals surface area (Å²) < 4.78 is 38.8. The quantitative estimate of drug-likeness (QED) is 0.910. The third kappa shape index (κ3) is 3.80. The molecule has 2 N–H and O–H groups in total. The average Bonchev–Trinajstić information content (AvgIpc) is 2.40. The molecule has 0 radical (unpaired) electrons. The van der Waals surface area contributed by atoms with Gasteiger partial charge in [0.15, 0.2) is 0 Å². The Kier molecular flexibility index (Phi) is 4.45. The molecule has 2 aromatic rings. The van der Waals surface area contributed by atoms with Crippen LogP contribution in [0, 0.1) is 0 Å². The van der Waals surface area contributed by atoms with E-state index in [1.807, 2.05) is 6.07 Å². The van der Waals surface area contributed by atoms with Crippen molar-refractivity contribution in [2.24, 2.45) is 5.73 Å². The predicted molar refractivity (Wildman–Crippen MR) is 74.0 cm³/mol. The second-order valence-electron chi connectivity index (χ2n) is 4.40. The minimum absolute atomic E-state index is 0.384. The molecule has 1 atom stereocenters. The van der Waals surface area contributed by atoms with Crippen LogP contribution in [0.3, 0.4) is 0 Å². The van der Waals surface area contributed by atoms with Gasteiger partial charge in [-0.25, -0.2) is 0 Å². The van der Waals surface area contributed by atoms with E-state index in [9.17, 15) is 13.2 Å². The van der Waals surface area contributed by atoms with Crippen molar-refractivity contribution in [1.82, 2.24) is 4.98 Å². The zero-order valence-electron chi connectivity index (χ0n) is 10.4. The van der Waals surface area contributed by atoms with Gasteiger partial charge < -0.3 is 5.73 Å². The molecule has 0 bridgehead atoms. The number of hydrogen-bond donors (Lipinski definition) is 1. The zero-order valence-corrected chi connectivity index (χ0v) is 11.9. The maximum absolute atomic E-state index is 12.6. The zero-order chi connectivity index (χ0) is 14.8. The molecule has 106 valence electrons. The molecule has 0 aliphatic heterocycles. The predicted octanol–water partition coefficient (Wildman–Crippen LogP) is 4.11. The van der Waals surface area contributed by atoms with Gasteiger partial charge in [-0.3, -0.25) is 4.98 Å². The first kappa shape index (κ1) is 15.0. The van der Waals surface area contributed by atoms with Crippen LogP contribution in [0.1, 0.15) is 22.9 Å². The molecule has 2 rings (SSSR count). The molecule has 0 spiro atoms. The summed E-state index contributed by atoms with van der Waals surface area (Å²) in [6.07, 6.45) is -2.34. The number of nitrogens with zero attached hydrogens (tertiary/aromatic N) is 1. The first-order chi connectivity index (χ1) is 9.36. The fourth-order valence-corrected chi connectivity index (χ4v) is 2.05. The Morgan fingerprint density at radius 1 is 1.20 bits per heavy atom. The highest BCUT2D eigenvalue weighted by Crippen LogP contribution is 2.30. The summed E-state index contributed by atoms with van der Waals surface area (Å²) in [5, 5.41) is 0. The molecule has 6 heteroatoms. The van der Waals surface area contributed by atoms with Crippen molar-refractivity contribution in [3.63, 3.8) is 0 Å². The Balaban J connectivity index is 2.17. The number of nitrogens with two attached hydrogens (primary N) is 1. The van der Waals surface area contributed by atoms with Gasteiger partial charge in [-0.05, 0) is 45.8 Å². The lowest BCUT2D eigenvalue weighted by Gasteiger charge is -2.14. The fraction of sp³-hybridized carbons (Fsp3) is 0.214. The van der Waals surface area contributed by atoms with E-state index in [4.69, 9.17) is 5.73 Å². The number of rotatable bonds is 3. The molecular formula is C14H12BrF3N2. The van der Waals surface area contributed by atoms with Crippen LogP contribution < -0.4 is 5.73 Å². The smallest absolute Gasteiger partial charge is 0.324 e. The Hall–Kier alpha value is -1.40. The molecule has 0 saturated heterocycles. The number of aromatic nitrogens is 1. The molecule has 0 fully saturated rings. The van der Waals surface area contributed by atoms with Crippen molar-refractivity contribution in [2.45, 2.75) is 18.6 Å². The molecular weight excluding hydrogens is 333 g/mol. The van der Waals surface area contributed by atoms with E-state index < -0.39 is 17.8 Å². The topological polar surface area (TPSA) is 38.9 Å². The molecule has 0 saturated carbocycles. The van der Waals surface area contributed by atoms with E-state index in [-0.39, 0.29) is 0 Å². The van der Waals surface area contributed by atoms with Gasteiger partial charge in [0.05, 0.1) is 5.56 Å². The van der Waals surface area contributed by atoms with E-state index in [1.54, 1.807) is 18.3 Å². The SMILES string of the molecule is NC(Cc1ccc(Br)cn1)c1cccc(C(F)(F)F)c1. The minimum atomic E-state index is -4.36. The molecule has 1 aromatic heterocycles. The van der Waals surface area contributed by atoms with E-state index in [2.05, 4.69) is 20.9 Å². The van der Waals surface area contributed by atoms with E-state index >= 15 is 0 Å². The van der Waals surface area contributed by atoms with Gasteiger partial charge in [0.25, 0.3) is 0 Å². The van der Waals surface area contributed by atoms with Gasteiger partial charge in [0, 0.05) is 28.8 Å². The number of halogens is 4. The van der Waals surface area contributed by atoms with E-state index in [1.165, 1.54) is 6.07 Å². The van der Waals surface area contributed by atoms with Crippen molar-refractivity contribution in [1.29, 1.82) is 0 Å². The molecule has 1 unspecified atom stereocenters. The monoisotopic (exact) mass is 344 g/mol. The highest BCUT2D eigenvalue weighted by molar-refractivity contribution is 9.10. The van der Waals surface area contributed by atoms with Crippen LogP contribution in [0.25, 0.3) is 0 Å². The minimum Gasteiger partial charge on any atom is -0.324 e. The summed E-state index contributed by atoms with van der Waals surface area (Å²) in [5.74, 6) is 0. The number of hydrogen-bond acceptors (Lipinski definition) is 2. The summed E-state index contributed by atoms with van der Waals surface area (Å²) in [5.41, 5.74) is 6.46. The Bertz CT molecular complexity index is 582. The lowest BCUT2D eigenvalue weighted by atomic mass is 10.0. The van der Waals surface area contributed by atoms with Gasteiger partial charge in [0.2, 0.25) is 0 Å². The highest BCUT2D eigenvalue weighted by Gasteiger charge is 2.30. The number of alkyl halides is 3. The van der Waals surface area contributed by atoms with Crippen LogP contribution in [0.2, 0.25) is 0 Å². The second-order valence-corrected chi connectivity index (χ2v) is 5.32.